The molecule has 2 rings (SSSR count). The topological polar surface area (TPSA) is 27.7 Å². The van der Waals surface area contributed by atoms with Crippen LogP contribution in [-0.4, -0.2) is 27.4 Å². The number of rotatable bonds is 2. The van der Waals surface area contributed by atoms with E-state index in [4.69, 9.17) is 14.0 Å². The van der Waals surface area contributed by atoms with Crippen LogP contribution >= 0.6 is 0 Å². The van der Waals surface area contributed by atoms with Crippen molar-refractivity contribution in [2.75, 3.05) is 20.3 Å². The van der Waals surface area contributed by atoms with Gasteiger partial charge in [-0.25, -0.2) is 0 Å². The van der Waals surface area contributed by atoms with Gasteiger partial charge in [0.15, 0.2) is 0 Å². The third-order valence-corrected chi connectivity index (χ3v) is 2.89. The van der Waals surface area contributed by atoms with Gasteiger partial charge in [-0.1, -0.05) is 31.5 Å². The highest BCUT2D eigenvalue weighted by Crippen LogP contribution is 2.23. The lowest BCUT2D eigenvalue weighted by atomic mass is 9.75. The molecule has 0 radical (unpaired) electrons. The predicted octanol–water partition coefficient (Wildman–Crippen LogP) is 1.77. The summed E-state index contributed by atoms with van der Waals surface area (Å²) in [4.78, 5) is 0. The third kappa shape index (κ3) is 2.82. The number of benzene rings is 1. The maximum Gasteiger partial charge on any atom is 0.497 e. The zero-order valence-corrected chi connectivity index (χ0v) is 10.9. The van der Waals surface area contributed by atoms with Crippen LogP contribution in [0.2, 0.25) is 0 Å². The second kappa shape index (κ2) is 4.71. The third-order valence-electron chi connectivity index (χ3n) is 2.89. The van der Waals surface area contributed by atoms with Gasteiger partial charge in [-0.05, 0) is 13.0 Å². The monoisotopic (exact) mass is 234 g/mol. The van der Waals surface area contributed by atoms with Crippen LogP contribution in [0.3, 0.4) is 0 Å². The van der Waals surface area contributed by atoms with E-state index in [2.05, 4.69) is 26.8 Å². The summed E-state index contributed by atoms with van der Waals surface area (Å²) < 4.78 is 16.9. The maximum atomic E-state index is 5.77. The molecule has 1 aromatic rings. The fourth-order valence-electron chi connectivity index (χ4n) is 1.91. The first-order valence-corrected chi connectivity index (χ1v) is 5.89. The van der Waals surface area contributed by atoms with Crippen molar-refractivity contribution in [2.45, 2.75) is 20.8 Å². The molecule has 0 spiro atoms. The molecule has 4 heteroatoms. The molecule has 3 nitrogen and oxygen atoms in total. The molecule has 1 aliphatic rings. The molecule has 0 saturated carbocycles. The summed E-state index contributed by atoms with van der Waals surface area (Å²) in [6.45, 7) is 7.73. The molecule has 1 aromatic carbocycles. The van der Waals surface area contributed by atoms with E-state index in [-0.39, 0.29) is 12.5 Å². The van der Waals surface area contributed by atoms with Crippen LogP contribution in [0.5, 0.6) is 5.75 Å². The van der Waals surface area contributed by atoms with Crippen LogP contribution in [0.1, 0.15) is 19.4 Å². The smallest absolute Gasteiger partial charge is 0.497 e. The van der Waals surface area contributed by atoms with Crippen LogP contribution in [0.4, 0.5) is 0 Å². The van der Waals surface area contributed by atoms with Crippen LogP contribution in [-0.2, 0) is 9.31 Å². The van der Waals surface area contributed by atoms with E-state index in [0.29, 0.717) is 13.2 Å². The van der Waals surface area contributed by atoms with Crippen molar-refractivity contribution in [2.24, 2.45) is 5.41 Å². The van der Waals surface area contributed by atoms with Gasteiger partial charge in [-0.15, -0.1) is 0 Å². The highest BCUT2D eigenvalue weighted by atomic mass is 16.6. The Morgan fingerprint density at radius 1 is 1.24 bits per heavy atom. The Hall–Kier alpha value is -0.995. The van der Waals surface area contributed by atoms with E-state index in [1.807, 2.05) is 12.1 Å². The highest BCUT2D eigenvalue weighted by molar-refractivity contribution is 6.62. The van der Waals surface area contributed by atoms with E-state index in [1.54, 1.807) is 7.11 Å². The molecular weight excluding hydrogens is 215 g/mol. The molecular formula is C13H19BO3. The molecule has 1 heterocycles. The van der Waals surface area contributed by atoms with Crippen LogP contribution < -0.4 is 10.2 Å². The summed E-state index contributed by atoms with van der Waals surface area (Å²) in [7, 11) is 1.36. The maximum absolute atomic E-state index is 5.77. The van der Waals surface area contributed by atoms with Crippen molar-refractivity contribution in [3.8, 4) is 5.75 Å². The van der Waals surface area contributed by atoms with Crippen LogP contribution in [0.25, 0.3) is 0 Å². The fourth-order valence-corrected chi connectivity index (χ4v) is 1.91. The van der Waals surface area contributed by atoms with Gasteiger partial charge in [-0.2, -0.15) is 0 Å². The lowest BCUT2D eigenvalue weighted by Gasteiger charge is -2.33. The van der Waals surface area contributed by atoms with E-state index >= 15 is 0 Å². The van der Waals surface area contributed by atoms with E-state index in [0.717, 1.165) is 11.2 Å². The summed E-state index contributed by atoms with van der Waals surface area (Å²) in [6.07, 6.45) is 0. The fraction of sp³-hybridized carbons (Fsp3) is 0.538. The van der Waals surface area contributed by atoms with Gasteiger partial charge < -0.3 is 14.0 Å². The average molecular weight is 234 g/mol. The number of hydrogen-bond donors (Lipinski definition) is 0. The van der Waals surface area contributed by atoms with Gasteiger partial charge in [-0.3, -0.25) is 0 Å². The Bertz CT molecular complexity index is 394. The average Bonchev–Trinajstić information content (AvgIpc) is 2.29. The standard InChI is InChI=1S/C13H19BO3/c1-10-5-6-12(15-4)11(7-10)14-16-8-13(2,3)9-17-14/h5-7H,8-9H2,1-4H3. The van der Waals surface area contributed by atoms with Gasteiger partial charge in [0.05, 0.1) is 7.11 Å². The Morgan fingerprint density at radius 2 is 1.88 bits per heavy atom. The van der Waals surface area contributed by atoms with Crippen molar-refractivity contribution < 1.29 is 14.0 Å². The van der Waals surface area contributed by atoms with E-state index < -0.39 is 0 Å². The molecule has 1 fully saturated rings. The van der Waals surface area contributed by atoms with Gasteiger partial charge in [0.2, 0.25) is 0 Å². The van der Waals surface area contributed by atoms with Crippen LogP contribution in [0.15, 0.2) is 18.2 Å². The first-order valence-electron chi connectivity index (χ1n) is 5.89. The molecule has 1 aliphatic heterocycles. The van der Waals surface area contributed by atoms with Crippen molar-refractivity contribution in [3.63, 3.8) is 0 Å². The Kier molecular flexibility index (Phi) is 3.45. The summed E-state index contributed by atoms with van der Waals surface area (Å²) in [6, 6.07) is 6.04. The Labute approximate surface area is 103 Å². The first-order chi connectivity index (χ1) is 8.02. The lowest BCUT2D eigenvalue weighted by molar-refractivity contribution is 0.0341. The number of aryl methyl sites for hydroxylation is 1. The minimum atomic E-state index is -0.308. The summed E-state index contributed by atoms with van der Waals surface area (Å²) in [5.41, 5.74) is 2.24. The predicted molar refractivity (Wildman–Crippen MR) is 68.8 cm³/mol. The van der Waals surface area contributed by atoms with Gasteiger partial charge >= 0.3 is 7.12 Å². The number of methoxy groups -OCH3 is 1. The molecule has 17 heavy (non-hydrogen) atoms. The van der Waals surface area contributed by atoms with Gasteiger partial charge in [0.25, 0.3) is 0 Å². The number of ether oxygens (including phenoxy) is 1. The molecule has 0 aromatic heterocycles. The molecule has 0 amide bonds. The number of hydrogen-bond acceptors (Lipinski definition) is 3. The van der Waals surface area contributed by atoms with E-state index in [9.17, 15) is 0 Å². The Morgan fingerprint density at radius 3 is 2.47 bits per heavy atom. The molecule has 0 atom stereocenters. The summed E-state index contributed by atoms with van der Waals surface area (Å²) in [5.74, 6) is 0.820. The molecule has 0 bridgehead atoms. The second-order valence-corrected chi connectivity index (χ2v) is 5.36. The first kappa shape index (κ1) is 12.5. The van der Waals surface area contributed by atoms with Crippen molar-refractivity contribution >= 4 is 12.6 Å². The van der Waals surface area contributed by atoms with Gasteiger partial charge in [0.1, 0.15) is 5.75 Å². The molecule has 92 valence electrons. The van der Waals surface area contributed by atoms with Crippen LogP contribution in [0, 0.1) is 12.3 Å². The summed E-state index contributed by atoms with van der Waals surface area (Å²) in [5, 5.41) is 0. The zero-order valence-electron chi connectivity index (χ0n) is 10.9. The normalized spacial score (nSPS) is 19.2. The molecule has 0 N–H and O–H groups in total. The highest BCUT2D eigenvalue weighted by Gasteiger charge is 2.35. The minimum Gasteiger partial charge on any atom is -0.497 e. The second-order valence-electron chi connectivity index (χ2n) is 5.36. The van der Waals surface area contributed by atoms with Crippen molar-refractivity contribution in [1.82, 2.24) is 0 Å². The summed E-state index contributed by atoms with van der Waals surface area (Å²) >= 11 is 0. The largest absolute Gasteiger partial charge is 0.497 e. The van der Waals surface area contributed by atoms with E-state index in [1.165, 1.54) is 5.56 Å². The van der Waals surface area contributed by atoms with Gasteiger partial charge in [0, 0.05) is 24.1 Å². The molecule has 1 saturated heterocycles. The van der Waals surface area contributed by atoms with Crippen molar-refractivity contribution in [3.05, 3.63) is 23.8 Å². The minimum absolute atomic E-state index is 0.0908. The van der Waals surface area contributed by atoms with Crippen molar-refractivity contribution in [1.29, 1.82) is 0 Å². The zero-order chi connectivity index (χ0) is 12.5. The Balaban J connectivity index is 2.20. The lowest BCUT2D eigenvalue weighted by Crippen LogP contribution is -2.47. The SMILES string of the molecule is COc1ccc(C)cc1B1OCC(C)(C)CO1. The molecule has 0 unspecified atom stereocenters. The molecule has 0 aliphatic carbocycles. The quantitative estimate of drug-likeness (QED) is 0.730.